The molecule has 2 aromatic rings. The molecule has 0 atom stereocenters. The van der Waals surface area contributed by atoms with Crippen molar-refractivity contribution in [2.45, 2.75) is 6.18 Å². The molecule has 1 heterocycles. The maximum Gasteiger partial charge on any atom is 0.416 e. The number of rotatable bonds is 4. The van der Waals surface area contributed by atoms with Crippen molar-refractivity contribution in [2.75, 3.05) is 12.1 Å². The largest absolute Gasteiger partial charge is 0.416 e. The predicted molar refractivity (Wildman–Crippen MR) is 95.6 cm³/mol. The van der Waals surface area contributed by atoms with Crippen molar-refractivity contribution in [1.29, 1.82) is 0 Å². The van der Waals surface area contributed by atoms with Gasteiger partial charge in [0.2, 0.25) is 6.41 Å². The number of hydrogen-bond donors (Lipinski definition) is 3. The second-order valence-electron chi connectivity index (χ2n) is 4.87. The Kier molecular flexibility index (Phi) is 8.04. The molecule has 10 heteroatoms. The van der Waals surface area contributed by atoms with Crippen molar-refractivity contribution in [3.63, 3.8) is 0 Å². The van der Waals surface area contributed by atoms with Crippen molar-refractivity contribution in [1.82, 2.24) is 10.4 Å². The molecule has 0 aliphatic rings. The van der Waals surface area contributed by atoms with Crippen LogP contribution in [0.15, 0.2) is 36.5 Å². The van der Waals surface area contributed by atoms with E-state index < -0.39 is 11.7 Å². The van der Waals surface area contributed by atoms with Gasteiger partial charge in [-0.05, 0) is 36.4 Å². The van der Waals surface area contributed by atoms with Gasteiger partial charge in [-0.2, -0.15) is 13.2 Å². The Hall–Kier alpha value is -2.62. The molecule has 0 spiro atoms. The number of hydrazine groups is 2. The SMILES string of the molecule is CN(N)c1cccc(Cl)c1/C=C/c1cc(C(F)(F)F)ccn1.NNC=O. The highest BCUT2D eigenvalue weighted by molar-refractivity contribution is 6.32. The number of halogens is 4. The zero-order valence-electron chi connectivity index (χ0n) is 13.7. The molecule has 140 valence electrons. The monoisotopic (exact) mass is 387 g/mol. The van der Waals surface area contributed by atoms with Crippen molar-refractivity contribution in [2.24, 2.45) is 11.7 Å². The summed E-state index contributed by atoms with van der Waals surface area (Å²) in [5.74, 6) is 10.1. The molecule has 0 saturated heterocycles. The van der Waals surface area contributed by atoms with Crippen LogP contribution in [0.1, 0.15) is 16.8 Å². The van der Waals surface area contributed by atoms with E-state index in [-0.39, 0.29) is 5.69 Å². The number of alkyl halides is 3. The van der Waals surface area contributed by atoms with Crippen LogP contribution in [0.25, 0.3) is 12.2 Å². The fourth-order valence-corrected chi connectivity index (χ4v) is 2.12. The van der Waals surface area contributed by atoms with Crippen LogP contribution in [0.4, 0.5) is 18.9 Å². The molecule has 0 radical (unpaired) electrons. The van der Waals surface area contributed by atoms with Crippen molar-refractivity contribution < 1.29 is 18.0 Å². The zero-order valence-corrected chi connectivity index (χ0v) is 14.4. The summed E-state index contributed by atoms with van der Waals surface area (Å²) in [6, 6.07) is 7.06. The molecular formula is C16H17ClF3N5O. The van der Waals surface area contributed by atoms with Crippen LogP contribution >= 0.6 is 11.6 Å². The van der Waals surface area contributed by atoms with Gasteiger partial charge in [-0.3, -0.25) is 15.2 Å². The number of pyridine rings is 1. The summed E-state index contributed by atoms with van der Waals surface area (Å²) in [5, 5.41) is 1.82. The molecule has 2 rings (SSSR count). The third-order valence-electron chi connectivity index (χ3n) is 3.01. The van der Waals surface area contributed by atoms with E-state index >= 15 is 0 Å². The lowest BCUT2D eigenvalue weighted by molar-refractivity contribution is -0.137. The third kappa shape index (κ3) is 6.36. The van der Waals surface area contributed by atoms with E-state index in [9.17, 15) is 13.2 Å². The average molecular weight is 388 g/mol. The third-order valence-corrected chi connectivity index (χ3v) is 3.34. The molecular weight excluding hydrogens is 371 g/mol. The van der Waals surface area contributed by atoms with Crippen LogP contribution in [-0.2, 0) is 11.0 Å². The summed E-state index contributed by atoms with van der Waals surface area (Å²) in [5.41, 5.74) is 2.43. The number of carbonyl (C=O) groups is 1. The van der Waals surface area contributed by atoms with Crippen molar-refractivity contribution in [3.8, 4) is 0 Å². The number of benzene rings is 1. The quantitative estimate of drug-likeness (QED) is 0.324. The summed E-state index contributed by atoms with van der Waals surface area (Å²) < 4.78 is 38.0. The van der Waals surface area contributed by atoms with E-state index in [2.05, 4.69) is 10.8 Å². The maximum atomic E-state index is 12.7. The molecule has 0 aliphatic carbocycles. The molecule has 6 nitrogen and oxygen atoms in total. The van der Waals surface area contributed by atoms with E-state index in [0.717, 1.165) is 18.3 Å². The molecule has 0 bridgehead atoms. The molecule has 1 aromatic carbocycles. The van der Waals surface area contributed by atoms with Crippen LogP contribution in [0, 0.1) is 0 Å². The second-order valence-corrected chi connectivity index (χ2v) is 5.28. The highest BCUT2D eigenvalue weighted by Crippen LogP contribution is 2.30. The number of anilines is 1. The lowest BCUT2D eigenvalue weighted by Gasteiger charge is -2.16. The minimum absolute atomic E-state index is 0.181. The summed E-state index contributed by atoms with van der Waals surface area (Å²) in [6.07, 6.45) is 0.163. The number of amides is 1. The lowest BCUT2D eigenvalue weighted by atomic mass is 10.1. The highest BCUT2D eigenvalue weighted by Gasteiger charge is 2.30. The fourth-order valence-electron chi connectivity index (χ4n) is 1.88. The molecule has 26 heavy (non-hydrogen) atoms. The Morgan fingerprint density at radius 2 is 1.92 bits per heavy atom. The molecule has 0 fully saturated rings. The number of nitrogens with zero attached hydrogens (tertiary/aromatic N) is 2. The first-order valence-electron chi connectivity index (χ1n) is 7.08. The molecule has 5 N–H and O–H groups in total. The van der Waals surface area contributed by atoms with E-state index in [4.69, 9.17) is 22.2 Å². The second kappa shape index (κ2) is 9.76. The Morgan fingerprint density at radius 1 is 1.27 bits per heavy atom. The molecule has 0 unspecified atom stereocenters. The van der Waals surface area contributed by atoms with E-state index in [1.54, 1.807) is 36.7 Å². The number of nitrogens with two attached hydrogens (primary N) is 2. The zero-order chi connectivity index (χ0) is 19.7. The summed E-state index contributed by atoms with van der Waals surface area (Å²) >= 11 is 6.11. The smallest absolute Gasteiger partial charge is 0.313 e. The minimum atomic E-state index is -4.40. The Labute approximate surface area is 153 Å². The Bertz CT molecular complexity index is 766. The van der Waals surface area contributed by atoms with Gasteiger partial charge in [0.25, 0.3) is 0 Å². The lowest BCUT2D eigenvalue weighted by Crippen LogP contribution is -2.25. The average Bonchev–Trinajstić information content (AvgIpc) is 2.60. The first kappa shape index (κ1) is 21.4. The number of aromatic nitrogens is 1. The Balaban J connectivity index is 0.000000765. The van der Waals surface area contributed by atoms with Gasteiger partial charge >= 0.3 is 6.18 Å². The van der Waals surface area contributed by atoms with Gasteiger partial charge in [-0.15, -0.1) is 0 Å². The van der Waals surface area contributed by atoms with Crippen LogP contribution in [0.5, 0.6) is 0 Å². The van der Waals surface area contributed by atoms with Gasteiger partial charge in [0.05, 0.1) is 16.9 Å². The summed E-state index contributed by atoms with van der Waals surface area (Å²) in [7, 11) is 1.64. The number of carbonyl (C=O) groups excluding carboxylic acids is 1. The van der Waals surface area contributed by atoms with Crippen molar-refractivity contribution in [3.05, 3.63) is 58.4 Å². The van der Waals surface area contributed by atoms with Gasteiger partial charge in [0.15, 0.2) is 0 Å². The van der Waals surface area contributed by atoms with E-state index in [0.29, 0.717) is 22.7 Å². The van der Waals surface area contributed by atoms with Gasteiger partial charge in [-0.25, -0.2) is 11.7 Å². The normalized spacial score (nSPS) is 10.9. The van der Waals surface area contributed by atoms with Gasteiger partial charge < -0.3 is 5.01 Å². The topological polar surface area (TPSA) is 97.3 Å². The first-order valence-corrected chi connectivity index (χ1v) is 7.46. The van der Waals surface area contributed by atoms with E-state index in [1.165, 1.54) is 11.1 Å². The fraction of sp³-hybridized carbons (Fsp3) is 0.125. The standard InChI is InChI=1S/C15H13ClF3N3.CH4N2O/c1-22(20)14-4-2-3-13(16)12(14)6-5-11-9-10(7-8-21-11)15(17,18)19;2-3-1-4/h2-9H,20H2,1H3;1H,2H2,(H,3,4)/b6-5+;. The highest BCUT2D eigenvalue weighted by atomic mass is 35.5. The molecule has 0 aliphatic heterocycles. The number of hydrogen-bond acceptors (Lipinski definition) is 5. The summed E-state index contributed by atoms with van der Waals surface area (Å²) in [4.78, 5) is 12.8. The van der Waals surface area contributed by atoms with Crippen LogP contribution in [0.2, 0.25) is 5.02 Å². The summed E-state index contributed by atoms with van der Waals surface area (Å²) in [6.45, 7) is 0. The Morgan fingerprint density at radius 3 is 2.46 bits per heavy atom. The van der Waals surface area contributed by atoms with Gasteiger partial charge in [0.1, 0.15) is 0 Å². The predicted octanol–water partition coefficient (Wildman–Crippen LogP) is 2.84. The van der Waals surface area contributed by atoms with Gasteiger partial charge in [-0.1, -0.05) is 17.7 Å². The molecule has 1 amide bonds. The van der Waals surface area contributed by atoms with Gasteiger partial charge in [0, 0.05) is 23.8 Å². The van der Waals surface area contributed by atoms with Crippen molar-refractivity contribution >= 4 is 35.9 Å². The first-order chi connectivity index (χ1) is 12.2. The van der Waals surface area contributed by atoms with Crippen LogP contribution in [-0.4, -0.2) is 18.4 Å². The minimum Gasteiger partial charge on any atom is -0.313 e. The van der Waals surface area contributed by atoms with E-state index in [1.807, 2.05) is 0 Å². The van der Waals surface area contributed by atoms with Crippen LogP contribution in [0.3, 0.4) is 0 Å². The maximum absolute atomic E-state index is 12.7. The van der Waals surface area contributed by atoms with Crippen LogP contribution < -0.4 is 22.1 Å². The number of nitrogens with one attached hydrogen (secondary N) is 1. The molecule has 0 saturated carbocycles. The molecule has 1 aromatic heterocycles.